The number of nitrogens with two attached hydrogens (primary N) is 1. The average molecular weight is 207 g/mol. The summed E-state index contributed by atoms with van der Waals surface area (Å²) in [6.07, 6.45) is 0.670. The minimum atomic E-state index is -0.400. The Balaban J connectivity index is 2.53. The van der Waals surface area contributed by atoms with Gasteiger partial charge in [0.15, 0.2) is 5.82 Å². The van der Waals surface area contributed by atoms with Crippen LogP contribution in [0.2, 0.25) is 0 Å². The van der Waals surface area contributed by atoms with Crippen LogP contribution in [0, 0.1) is 5.82 Å². The smallest absolute Gasteiger partial charge is 0.156 e. The molecule has 1 aromatic carbocycles. The van der Waals surface area contributed by atoms with Crippen molar-refractivity contribution in [3.05, 3.63) is 29.8 Å². The molecular formula is C9H10FN5. The molecule has 2 aromatic rings. The van der Waals surface area contributed by atoms with Crippen LogP contribution in [0.15, 0.2) is 18.2 Å². The quantitative estimate of drug-likeness (QED) is 0.744. The van der Waals surface area contributed by atoms with E-state index >= 15 is 0 Å². The van der Waals surface area contributed by atoms with E-state index in [4.69, 9.17) is 5.73 Å². The van der Waals surface area contributed by atoms with E-state index in [9.17, 15) is 4.39 Å². The van der Waals surface area contributed by atoms with Crippen molar-refractivity contribution < 1.29 is 4.39 Å². The second-order valence-corrected chi connectivity index (χ2v) is 3.10. The molecule has 0 saturated carbocycles. The monoisotopic (exact) mass is 207 g/mol. The standard InChI is InChI=1S/C9H10FN5/c1-2-9-12-13-14-15(9)8-4-6(10)3-7(11)5-8/h3-5H,2,11H2,1H3. The van der Waals surface area contributed by atoms with E-state index in [2.05, 4.69) is 15.5 Å². The van der Waals surface area contributed by atoms with Gasteiger partial charge in [0.1, 0.15) is 5.82 Å². The van der Waals surface area contributed by atoms with E-state index in [0.29, 0.717) is 23.6 Å². The summed E-state index contributed by atoms with van der Waals surface area (Å²) in [7, 11) is 0. The first kappa shape index (κ1) is 9.57. The average Bonchev–Trinajstić information content (AvgIpc) is 2.63. The Bertz CT molecular complexity index is 459. The molecule has 78 valence electrons. The van der Waals surface area contributed by atoms with Gasteiger partial charge in [-0.15, -0.1) is 5.10 Å². The number of aryl methyl sites for hydroxylation is 1. The van der Waals surface area contributed by atoms with Crippen LogP contribution in [0.25, 0.3) is 5.69 Å². The molecule has 0 radical (unpaired) electrons. The van der Waals surface area contributed by atoms with Crippen LogP contribution >= 0.6 is 0 Å². The lowest BCUT2D eigenvalue weighted by Crippen LogP contribution is -2.03. The third-order valence-electron chi connectivity index (χ3n) is 2.00. The number of hydrogen-bond donors (Lipinski definition) is 1. The number of nitrogen functional groups attached to an aromatic ring is 1. The van der Waals surface area contributed by atoms with Crippen molar-refractivity contribution in [2.24, 2.45) is 0 Å². The summed E-state index contributed by atoms with van der Waals surface area (Å²) in [4.78, 5) is 0. The van der Waals surface area contributed by atoms with E-state index < -0.39 is 5.82 Å². The summed E-state index contributed by atoms with van der Waals surface area (Å²) >= 11 is 0. The molecule has 0 fully saturated rings. The van der Waals surface area contributed by atoms with Crippen molar-refractivity contribution in [2.75, 3.05) is 5.73 Å². The predicted octanol–water partition coefficient (Wildman–Crippen LogP) is 0.946. The number of tetrazole rings is 1. The molecule has 0 aliphatic carbocycles. The summed E-state index contributed by atoms with van der Waals surface area (Å²) in [6, 6.07) is 4.21. The molecule has 2 rings (SSSR count). The molecule has 6 heteroatoms. The highest BCUT2D eigenvalue weighted by molar-refractivity contribution is 5.47. The van der Waals surface area contributed by atoms with Crippen LogP contribution in [0.4, 0.5) is 10.1 Å². The van der Waals surface area contributed by atoms with E-state index in [1.165, 1.54) is 16.8 Å². The minimum Gasteiger partial charge on any atom is -0.399 e. The number of aromatic nitrogens is 4. The number of halogens is 1. The summed E-state index contributed by atoms with van der Waals surface area (Å²) < 4.78 is 14.6. The van der Waals surface area contributed by atoms with Gasteiger partial charge in [-0.2, -0.15) is 4.68 Å². The fraction of sp³-hybridized carbons (Fsp3) is 0.222. The van der Waals surface area contributed by atoms with Gasteiger partial charge in [0.2, 0.25) is 0 Å². The number of benzene rings is 1. The zero-order chi connectivity index (χ0) is 10.8. The first-order chi connectivity index (χ1) is 7.20. The van der Waals surface area contributed by atoms with E-state index in [-0.39, 0.29) is 0 Å². The maximum Gasteiger partial charge on any atom is 0.156 e. The molecule has 5 nitrogen and oxygen atoms in total. The molecular weight excluding hydrogens is 197 g/mol. The van der Waals surface area contributed by atoms with Crippen molar-refractivity contribution in [3.63, 3.8) is 0 Å². The van der Waals surface area contributed by atoms with E-state index in [1.54, 1.807) is 6.07 Å². The Labute approximate surface area is 85.7 Å². The van der Waals surface area contributed by atoms with Gasteiger partial charge in [-0.1, -0.05) is 6.92 Å². The van der Waals surface area contributed by atoms with Crippen molar-refractivity contribution in [2.45, 2.75) is 13.3 Å². The van der Waals surface area contributed by atoms with Crippen LogP contribution in [-0.4, -0.2) is 20.2 Å². The molecule has 0 atom stereocenters. The number of anilines is 1. The molecule has 0 aliphatic heterocycles. The molecule has 0 spiro atoms. The van der Waals surface area contributed by atoms with Crippen LogP contribution in [-0.2, 0) is 6.42 Å². The first-order valence-corrected chi connectivity index (χ1v) is 4.54. The van der Waals surface area contributed by atoms with Crippen molar-refractivity contribution in [1.29, 1.82) is 0 Å². The maximum atomic E-state index is 13.1. The number of rotatable bonds is 2. The van der Waals surface area contributed by atoms with Gasteiger partial charge in [0.05, 0.1) is 5.69 Å². The Morgan fingerprint density at radius 1 is 1.40 bits per heavy atom. The van der Waals surface area contributed by atoms with E-state index in [1.807, 2.05) is 6.92 Å². The van der Waals surface area contributed by atoms with Gasteiger partial charge >= 0.3 is 0 Å². The summed E-state index contributed by atoms with van der Waals surface area (Å²) in [6.45, 7) is 1.92. The second-order valence-electron chi connectivity index (χ2n) is 3.10. The zero-order valence-electron chi connectivity index (χ0n) is 8.18. The molecule has 0 unspecified atom stereocenters. The van der Waals surface area contributed by atoms with Crippen LogP contribution < -0.4 is 5.73 Å². The fourth-order valence-electron chi connectivity index (χ4n) is 1.35. The van der Waals surface area contributed by atoms with Gasteiger partial charge in [-0.05, 0) is 28.6 Å². The molecule has 15 heavy (non-hydrogen) atoms. The largest absolute Gasteiger partial charge is 0.399 e. The van der Waals surface area contributed by atoms with Gasteiger partial charge in [0, 0.05) is 12.1 Å². The van der Waals surface area contributed by atoms with Gasteiger partial charge in [-0.25, -0.2) is 4.39 Å². The number of nitrogens with zero attached hydrogens (tertiary/aromatic N) is 4. The maximum absolute atomic E-state index is 13.1. The first-order valence-electron chi connectivity index (χ1n) is 4.54. The fourth-order valence-corrected chi connectivity index (χ4v) is 1.35. The third-order valence-corrected chi connectivity index (χ3v) is 2.00. The molecule has 0 saturated heterocycles. The van der Waals surface area contributed by atoms with Crippen LogP contribution in [0.3, 0.4) is 0 Å². The van der Waals surface area contributed by atoms with Gasteiger partial charge < -0.3 is 5.73 Å². The van der Waals surface area contributed by atoms with Gasteiger partial charge in [-0.3, -0.25) is 0 Å². The Hall–Kier alpha value is -1.98. The molecule has 0 amide bonds. The number of hydrogen-bond acceptors (Lipinski definition) is 4. The topological polar surface area (TPSA) is 69.6 Å². The summed E-state index contributed by atoms with van der Waals surface area (Å²) in [5, 5.41) is 11.1. The highest BCUT2D eigenvalue weighted by Crippen LogP contribution is 2.15. The highest BCUT2D eigenvalue weighted by Gasteiger charge is 2.07. The molecule has 1 aromatic heterocycles. The lowest BCUT2D eigenvalue weighted by atomic mass is 10.2. The zero-order valence-corrected chi connectivity index (χ0v) is 8.18. The molecule has 0 bridgehead atoms. The SMILES string of the molecule is CCc1nnnn1-c1cc(N)cc(F)c1. The Morgan fingerprint density at radius 2 is 2.20 bits per heavy atom. The third kappa shape index (κ3) is 1.78. The highest BCUT2D eigenvalue weighted by atomic mass is 19.1. The normalized spacial score (nSPS) is 10.5. The lowest BCUT2D eigenvalue weighted by molar-refractivity contribution is 0.624. The summed E-state index contributed by atoms with van der Waals surface area (Å²) in [5.41, 5.74) is 6.42. The van der Waals surface area contributed by atoms with E-state index in [0.717, 1.165) is 0 Å². The van der Waals surface area contributed by atoms with Crippen molar-refractivity contribution >= 4 is 5.69 Å². The van der Waals surface area contributed by atoms with Crippen LogP contribution in [0.5, 0.6) is 0 Å². The molecule has 1 heterocycles. The van der Waals surface area contributed by atoms with Crippen molar-refractivity contribution in [3.8, 4) is 5.69 Å². The van der Waals surface area contributed by atoms with Crippen LogP contribution in [0.1, 0.15) is 12.7 Å². The minimum absolute atomic E-state index is 0.350. The predicted molar refractivity (Wildman–Crippen MR) is 52.9 cm³/mol. The Morgan fingerprint density at radius 3 is 2.87 bits per heavy atom. The second kappa shape index (κ2) is 3.64. The Kier molecular flexibility index (Phi) is 2.32. The molecule has 2 N–H and O–H groups in total. The van der Waals surface area contributed by atoms with Crippen molar-refractivity contribution in [1.82, 2.24) is 20.2 Å². The van der Waals surface area contributed by atoms with Gasteiger partial charge in [0.25, 0.3) is 0 Å². The summed E-state index contributed by atoms with van der Waals surface area (Å²) in [5.74, 6) is 0.266. The molecule has 0 aliphatic rings. The lowest BCUT2D eigenvalue weighted by Gasteiger charge is -2.04.